The number of imide groups is 1. The van der Waals surface area contributed by atoms with Crippen LogP contribution in [0.25, 0.3) is 0 Å². The second-order valence-electron chi connectivity index (χ2n) is 7.98. The molecule has 2 aromatic rings. The fraction of sp³-hybridized carbons (Fsp3) is 0.391. The maximum absolute atomic E-state index is 14.8. The molecule has 2 fully saturated rings. The summed E-state index contributed by atoms with van der Waals surface area (Å²) in [5.74, 6) is -0.654. The molecule has 2 aliphatic heterocycles. The molecule has 1 atom stereocenters. The van der Waals surface area contributed by atoms with Crippen molar-refractivity contribution in [3.8, 4) is 0 Å². The second-order valence-corrected chi connectivity index (χ2v) is 7.98. The molecule has 5 nitrogen and oxygen atoms in total. The lowest BCUT2D eigenvalue weighted by Crippen LogP contribution is -2.47. The van der Waals surface area contributed by atoms with E-state index in [0.717, 1.165) is 31.5 Å². The molecule has 6 heteroatoms. The number of rotatable bonds is 4. The van der Waals surface area contributed by atoms with Crippen molar-refractivity contribution in [3.05, 3.63) is 59.4 Å². The van der Waals surface area contributed by atoms with Gasteiger partial charge in [-0.05, 0) is 61.9 Å². The van der Waals surface area contributed by atoms with Crippen LogP contribution >= 0.6 is 0 Å². The van der Waals surface area contributed by atoms with Crippen molar-refractivity contribution in [2.75, 3.05) is 23.3 Å². The quantitative estimate of drug-likeness (QED) is 0.775. The number of aryl methyl sites for hydroxylation is 1. The molecule has 0 saturated carbocycles. The van der Waals surface area contributed by atoms with Crippen LogP contribution in [-0.4, -0.2) is 30.9 Å². The van der Waals surface area contributed by atoms with E-state index in [4.69, 9.17) is 0 Å². The van der Waals surface area contributed by atoms with Gasteiger partial charge in [-0.15, -0.1) is 0 Å². The lowest BCUT2D eigenvalue weighted by Gasteiger charge is -2.34. The van der Waals surface area contributed by atoms with Gasteiger partial charge in [0.15, 0.2) is 0 Å². The Morgan fingerprint density at radius 3 is 2.41 bits per heavy atom. The van der Waals surface area contributed by atoms with E-state index in [0.29, 0.717) is 18.5 Å². The van der Waals surface area contributed by atoms with E-state index in [2.05, 4.69) is 46.7 Å². The summed E-state index contributed by atoms with van der Waals surface area (Å²) < 4.78 is 14.8. The zero-order valence-corrected chi connectivity index (χ0v) is 16.6. The molecule has 2 aliphatic rings. The fourth-order valence-electron chi connectivity index (χ4n) is 4.18. The van der Waals surface area contributed by atoms with Crippen molar-refractivity contribution in [2.24, 2.45) is 0 Å². The van der Waals surface area contributed by atoms with Gasteiger partial charge in [0.25, 0.3) is 0 Å². The Morgan fingerprint density at radius 2 is 1.76 bits per heavy atom. The summed E-state index contributed by atoms with van der Waals surface area (Å²) in [6.45, 7) is 3.89. The van der Waals surface area contributed by atoms with Crippen molar-refractivity contribution in [1.29, 1.82) is 0 Å². The number of benzene rings is 2. The maximum Gasteiger partial charge on any atom is 0.249 e. The molecule has 2 heterocycles. The summed E-state index contributed by atoms with van der Waals surface area (Å²) in [7, 11) is 0. The summed E-state index contributed by atoms with van der Waals surface area (Å²) in [5.41, 5.74) is 3.77. The second kappa shape index (κ2) is 8.23. The van der Waals surface area contributed by atoms with Crippen molar-refractivity contribution in [2.45, 2.75) is 44.6 Å². The highest BCUT2D eigenvalue weighted by molar-refractivity contribution is 6.01. The Balaban J connectivity index is 1.38. The molecule has 152 valence electrons. The number of amides is 2. The smallest absolute Gasteiger partial charge is 0.249 e. The molecular formula is C23H26FN3O2. The molecule has 2 N–H and O–H groups in total. The van der Waals surface area contributed by atoms with Crippen LogP contribution in [0.1, 0.15) is 42.7 Å². The Kier molecular flexibility index (Phi) is 5.51. The molecule has 4 rings (SSSR count). The molecule has 0 bridgehead atoms. The topological polar surface area (TPSA) is 61.4 Å². The SMILES string of the molecule is Cc1ccc(N2CCC(c3ccc(NC4CCC(=O)NC4=O)cc3F)CC2)cc1. The third-order valence-electron chi connectivity index (χ3n) is 5.91. The molecule has 1 unspecified atom stereocenters. The van der Waals surface area contributed by atoms with Crippen LogP contribution < -0.4 is 15.5 Å². The van der Waals surface area contributed by atoms with E-state index in [9.17, 15) is 14.0 Å². The number of carbonyl (C=O) groups is 2. The Morgan fingerprint density at radius 1 is 1.03 bits per heavy atom. The predicted molar refractivity (Wildman–Crippen MR) is 112 cm³/mol. The Bertz CT molecular complexity index is 905. The normalized spacial score (nSPS) is 20.5. The monoisotopic (exact) mass is 395 g/mol. The number of hydrogen-bond acceptors (Lipinski definition) is 4. The number of nitrogens with zero attached hydrogens (tertiary/aromatic N) is 1. The van der Waals surface area contributed by atoms with Crippen molar-refractivity contribution < 1.29 is 14.0 Å². The van der Waals surface area contributed by atoms with E-state index in [-0.39, 0.29) is 23.5 Å². The first kappa shape index (κ1) is 19.4. The maximum atomic E-state index is 14.8. The highest BCUT2D eigenvalue weighted by Gasteiger charge is 2.27. The summed E-state index contributed by atoms with van der Waals surface area (Å²) in [6, 6.07) is 13.1. The molecule has 29 heavy (non-hydrogen) atoms. The van der Waals surface area contributed by atoms with E-state index >= 15 is 0 Å². The van der Waals surface area contributed by atoms with Crippen LogP contribution in [0.4, 0.5) is 15.8 Å². The molecule has 0 radical (unpaired) electrons. The van der Waals surface area contributed by atoms with Crippen LogP contribution in [0.5, 0.6) is 0 Å². The molecule has 0 aliphatic carbocycles. The molecular weight excluding hydrogens is 369 g/mol. The van der Waals surface area contributed by atoms with Crippen molar-refractivity contribution in [3.63, 3.8) is 0 Å². The molecule has 2 saturated heterocycles. The Labute approximate surface area is 170 Å². The summed E-state index contributed by atoms with van der Waals surface area (Å²) in [4.78, 5) is 25.5. The number of nitrogens with one attached hydrogen (secondary N) is 2. The number of anilines is 2. The van der Waals surface area contributed by atoms with E-state index < -0.39 is 6.04 Å². The van der Waals surface area contributed by atoms with Crippen LogP contribution in [0.2, 0.25) is 0 Å². The zero-order valence-electron chi connectivity index (χ0n) is 16.6. The number of hydrogen-bond donors (Lipinski definition) is 2. The predicted octanol–water partition coefficient (Wildman–Crippen LogP) is 3.74. The standard InChI is InChI=1S/C23H26FN3O2/c1-15-2-5-18(6-3-15)27-12-10-16(11-13-27)19-7-4-17(14-20(19)24)25-21-8-9-22(28)26-23(21)29/h2-7,14,16,21,25H,8-13H2,1H3,(H,26,28,29). The van der Waals surface area contributed by atoms with Gasteiger partial charge in [0.1, 0.15) is 11.9 Å². The van der Waals surface area contributed by atoms with Crippen LogP contribution in [0.3, 0.4) is 0 Å². The van der Waals surface area contributed by atoms with Crippen LogP contribution in [0, 0.1) is 12.7 Å². The molecule has 2 amide bonds. The number of halogens is 1. The lowest BCUT2D eigenvalue weighted by atomic mass is 9.88. The number of carbonyl (C=O) groups excluding carboxylic acids is 2. The van der Waals surface area contributed by atoms with Gasteiger partial charge in [-0.25, -0.2) is 4.39 Å². The third-order valence-corrected chi connectivity index (χ3v) is 5.91. The number of piperidine rings is 2. The highest BCUT2D eigenvalue weighted by Crippen LogP contribution is 2.33. The van der Waals surface area contributed by atoms with Crippen molar-refractivity contribution >= 4 is 23.2 Å². The van der Waals surface area contributed by atoms with Gasteiger partial charge in [0, 0.05) is 30.9 Å². The van der Waals surface area contributed by atoms with Crippen LogP contribution in [-0.2, 0) is 9.59 Å². The van der Waals surface area contributed by atoms with Crippen LogP contribution in [0.15, 0.2) is 42.5 Å². The average Bonchev–Trinajstić information content (AvgIpc) is 2.71. The average molecular weight is 395 g/mol. The fourth-order valence-corrected chi connectivity index (χ4v) is 4.18. The van der Waals surface area contributed by atoms with Gasteiger partial charge in [-0.2, -0.15) is 0 Å². The van der Waals surface area contributed by atoms with Crippen molar-refractivity contribution in [1.82, 2.24) is 5.32 Å². The zero-order chi connectivity index (χ0) is 20.4. The van der Waals surface area contributed by atoms with Gasteiger partial charge in [0.2, 0.25) is 11.8 Å². The first-order valence-corrected chi connectivity index (χ1v) is 10.2. The first-order valence-electron chi connectivity index (χ1n) is 10.2. The van der Waals surface area contributed by atoms with Gasteiger partial charge in [0.05, 0.1) is 0 Å². The van der Waals surface area contributed by atoms with E-state index in [1.165, 1.54) is 17.3 Å². The van der Waals surface area contributed by atoms with Gasteiger partial charge in [-0.1, -0.05) is 23.8 Å². The third kappa shape index (κ3) is 4.42. The highest BCUT2D eigenvalue weighted by atomic mass is 19.1. The largest absolute Gasteiger partial charge is 0.374 e. The minimum atomic E-state index is -0.504. The summed E-state index contributed by atoms with van der Waals surface area (Å²) in [6.07, 6.45) is 2.53. The Hall–Kier alpha value is -2.89. The van der Waals surface area contributed by atoms with E-state index in [1.54, 1.807) is 0 Å². The van der Waals surface area contributed by atoms with Gasteiger partial charge in [-0.3, -0.25) is 14.9 Å². The lowest BCUT2D eigenvalue weighted by molar-refractivity contribution is -0.133. The van der Waals surface area contributed by atoms with E-state index in [1.807, 2.05) is 12.1 Å². The molecule has 0 aromatic heterocycles. The van der Waals surface area contributed by atoms with Gasteiger partial charge < -0.3 is 10.2 Å². The minimum absolute atomic E-state index is 0.196. The molecule has 0 spiro atoms. The van der Waals surface area contributed by atoms with Gasteiger partial charge >= 0.3 is 0 Å². The molecule has 2 aromatic carbocycles. The summed E-state index contributed by atoms with van der Waals surface area (Å²) >= 11 is 0. The summed E-state index contributed by atoms with van der Waals surface area (Å²) in [5, 5.41) is 5.35. The minimum Gasteiger partial charge on any atom is -0.374 e. The first-order chi connectivity index (χ1) is 14.0.